The average Bonchev–Trinajstić information content (AvgIpc) is 3.09. The highest BCUT2D eigenvalue weighted by Gasteiger charge is 2.21. The van der Waals surface area contributed by atoms with Crippen LogP contribution in [0.15, 0.2) is 31.0 Å². The highest BCUT2D eigenvalue weighted by atomic mass is 35.5. The van der Waals surface area contributed by atoms with Crippen LogP contribution in [-0.2, 0) is 11.3 Å². The molecule has 2 heterocycles. The van der Waals surface area contributed by atoms with Gasteiger partial charge in [0.2, 0.25) is 5.91 Å². The number of halogens is 2. The number of aromatic nitrogens is 2. The minimum absolute atomic E-state index is 0.260. The molecule has 2 aromatic heterocycles. The number of hydrogen-bond acceptors (Lipinski definition) is 6. The van der Waals surface area contributed by atoms with E-state index in [0.717, 1.165) is 4.70 Å². The van der Waals surface area contributed by atoms with Gasteiger partial charge >= 0.3 is 0 Å². The third-order valence-electron chi connectivity index (χ3n) is 3.75. The Bertz CT molecular complexity index is 1010. The van der Waals surface area contributed by atoms with E-state index in [9.17, 15) is 4.79 Å². The Morgan fingerprint density at radius 1 is 1.26 bits per heavy atom. The molecule has 1 aromatic carbocycles. The molecule has 0 radical (unpaired) electrons. The van der Waals surface area contributed by atoms with Crippen LogP contribution >= 0.6 is 34.5 Å². The molecule has 27 heavy (non-hydrogen) atoms. The van der Waals surface area contributed by atoms with Crippen molar-refractivity contribution < 1.29 is 14.3 Å². The Kier molecular flexibility index (Phi) is 5.84. The van der Waals surface area contributed by atoms with E-state index >= 15 is 0 Å². The molecule has 0 bridgehead atoms. The highest BCUT2D eigenvalue weighted by molar-refractivity contribution is 7.21. The number of hydrogen-bond donors (Lipinski definition) is 1. The predicted molar refractivity (Wildman–Crippen MR) is 108 cm³/mol. The minimum atomic E-state index is -0.260. The number of ether oxygens (including phenoxy) is 2. The van der Waals surface area contributed by atoms with Crippen LogP contribution in [0.3, 0.4) is 0 Å². The molecule has 0 spiro atoms. The summed E-state index contributed by atoms with van der Waals surface area (Å²) in [4.78, 5) is 20.2. The van der Waals surface area contributed by atoms with Crippen molar-refractivity contribution in [3.8, 4) is 22.1 Å². The van der Waals surface area contributed by atoms with Crippen LogP contribution in [0, 0.1) is 0 Å². The second-order valence-corrected chi connectivity index (χ2v) is 7.15. The fourth-order valence-corrected chi connectivity index (χ4v) is 4.25. The maximum atomic E-state index is 11.3. The molecule has 0 saturated carbocycles. The summed E-state index contributed by atoms with van der Waals surface area (Å²) in [5, 5.41) is 4.02. The monoisotopic (exact) mass is 423 g/mol. The molecule has 0 aliphatic heterocycles. The van der Waals surface area contributed by atoms with Crippen LogP contribution in [-0.4, -0.2) is 30.1 Å². The SMILES string of the molecule is C=CC(=O)NCc1cc2sc(-c3c(Cl)c(OC)cc(OC)c3Cl)nc2cn1. The summed E-state index contributed by atoms with van der Waals surface area (Å²) in [7, 11) is 3.04. The van der Waals surface area contributed by atoms with Crippen molar-refractivity contribution in [2.75, 3.05) is 14.2 Å². The molecule has 1 N–H and O–H groups in total. The Hall–Kier alpha value is -2.35. The lowest BCUT2D eigenvalue weighted by Gasteiger charge is -2.12. The summed E-state index contributed by atoms with van der Waals surface area (Å²) in [5.41, 5.74) is 1.94. The van der Waals surface area contributed by atoms with Crippen LogP contribution in [0.5, 0.6) is 11.5 Å². The van der Waals surface area contributed by atoms with Crippen LogP contribution in [0.4, 0.5) is 0 Å². The fraction of sp³-hybridized carbons (Fsp3) is 0.167. The lowest BCUT2D eigenvalue weighted by Crippen LogP contribution is -2.20. The molecule has 3 rings (SSSR count). The first-order valence-electron chi connectivity index (χ1n) is 7.74. The molecule has 0 aliphatic carbocycles. The van der Waals surface area contributed by atoms with E-state index in [4.69, 9.17) is 32.7 Å². The lowest BCUT2D eigenvalue weighted by molar-refractivity contribution is -0.116. The van der Waals surface area contributed by atoms with Crippen molar-refractivity contribution in [1.29, 1.82) is 0 Å². The number of fused-ring (bicyclic) bond motifs is 1. The first-order valence-corrected chi connectivity index (χ1v) is 9.31. The van der Waals surface area contributed by atoms with Gasteiger partial charge in [-0.05, 0) is 12.1 Å². The summed E-state index contributed by atoms with van der Waals surface area (Å²) in [6, 6.07) is 3.49. The summed E-state index contributed by atoms with van der Waals surface area (Å²) in [5.74, 6) is 0.625. The molecule has 0 fully saturated rings. The Labute approximate surface area is 169 Å². The van der Waals surface area contributed by atoms with Crippen molar-refractivity contribution in [3.63, 3.8) is 0 Å². The number of carbonyl (C=O) groups excluding carboxylic acids is 1. The molecule has 0 unspecified atom stereocenters. The van der Waals surface area contributed by atoms with Crippen molar-refractivity contribution in [2.45, 2.75) is 6.54 Å². The minimum Gasteiger partial charge on any atom is -0.495 e. The van der Waals surface area contributed by atoms with E-state index in [0.29, 0.717) is 49.9 Å². The second-order valence-electron chi connectivity index (χ2n) is 5.37. The number of pyridine rings is 1. The lowest BCUT2D eigenvalue weighted by atomic mass is 10.2. The number of thiazole rings is 1. The number of methoxy groups -OCH3 is 2. The van der Waals surface area contributed by atoms with Crippen molar-refractivity contribution >= 4 is 50.7 Å². The van der Waals surface area contributed by atoms with E-state index < -0.39 is 0 Å². The molecular weight excluding hydrogens is 409 g/mol. The zero-order valence-corrected chi connectivity index (χ0v) is 16.8. The smallest absolute Gasteiger partial charge is 0.243 e. The first-order chi connectivity index (χ1) is 13.0. The summed E-state index contributed by atoms with van der Waals surface area (Å²) >= 11 is 14.3. The van der Waals surface area contributed by atoms with Gasteiger partial charge in [-0.25, -0.2) is 4.98 Å². The van der Waals surface area contributed by atoms with E-state index in [1.54, 1.807) is 12.3 Å². The molecule has 0 atom stereocenters. The molecule has 9 heteroatoms. The van der Waals surface area contributed by atoms with Gasteiger partial charge in [0.25, 0.3) is 0 Å². The van der Waals surface area contributed by atoms with E-state index in [1.165, 1.54) is 31.6 Å². The van der Waals surface area contributed by atoms with Crippen LogP contribution in [0.2, 0.25) is 10.0 Å². The fourth-order valence-electron chi connectivity index (χ4n) is 2.40. The number of nitrogens with one attached hydrogen (secondary N) is 1. The molecular formula is C18H15Cl2N3O3S. The van der Waals surface area contributed by atoms with Gasteiger partial charge in [-0.2, -0.15) is 0 Å². The number of rotatable bonds is 6. The zero-order valence-electron chi connectivity index (χ0n) is 14.5. The van der Waals surface area contributed by atoms with Crippen LogP contribution in [0.25, 0.3) is 20.8 Å². The van der Waals surface area contributed by atoms with E-state index in [-0.39, 0.29) is 5.91 Å². The summed E-state index contributed by atoms with van der Waals surface area (Å²) in [6.45, 7) is 3.71. The van der Waals surface area contributed by atoms with Gasteiger partial charge in [-0.1, -0.05) is 29.8 Å². The topological polar surface area (TPSA) is 73.3 Å². The van der Waals surface area contributed by atoms with Crippen molar-refractivity contribution in [2.24, 2.45) is 0 Å². The van der Waals surface area contributed by atoms with Gasteiger partial charge in [0.1, 0.15) is 22.0 Å². The third kappa shape index (κ3) is 3.85. The summed E-state index contributed by atoms with van der Waals surface area (Å²) in [6.07, 6.45) is 2.85. The molecule has 0 aliphatic rings. The molecule has 3 aromatic rings. The molecule has 0 saturated heterocycles. The number of amides is 1. The van der Waals surface area contributed by atoms with Crippen molar-refractivity contribution in [3.05, 3.63) is 46.7 Å². The number of carbonyl (C=O) groups is 1. The zero-order chi connectivity index (χ0) is 19.6. The maximum Gasteiger partial charge on any atom is 0.243 e. The third-order valence-corrected chi connectivity index (χ3v) is 5.53. The van der Waals surface area contributed by atoms with Gasteiger partial charge in [0.15, 0.2) is 0 Å². The Morgan fingerprint density at radius 2 is 1.93 bits per heavy atom. The Balaban J connectivity index is 2.05. The summed E-state index contributed by atoms with van der Waals surface area (Å²) < 4.78 is 11.5. The van der Waals surface area contributed by atoms with Gasteiger partial charge in [-0.15, -0.1) is 11.3 Å². The maximum absolute atomic E-state index is 11.3. The standard InChI is InChI=1S/C18H15Cl2N3O3S/c1-4-14(24)22-7-9-5-13-10(8-21-9)23-18(27-13)15-16(19)11(25-2)6-12(26-3)17(15)20/h4-6,8H,1,7H2,2-3H3,(H,22,24). The van der Waals surface area contributed by atoms with Gasteiger partial charge in [-0.3, -0.25) is 9.78 Å². The molecule has 140 valence electrons. The average molecular weight is 424 g/mol. The Morgan fingerprint density at radius 3 is 2.52 bits per heavy atom. The molecule has 6 nitrogen and oxygen atoms in total. The van der Waals surface area contributed by atoms with E-state index in [1.807, 2.05) is 6.07 Å². The van der Waals surface area contributed by atoms with Crippen LogP contribution < -0.4 is 14.8 Å². The molecule has 1 amide bonds. The van der Waals surface area contributed by atoms with Gasteiger partial charge in [0.05, 0.1) is 53.0 Å². The number of nitrogens with zero attached hydrogens (tertiary/aromatic N) is 2. The highest BCUT2D eigenvalue weighted by Crippen LogP contribution is 2.47. The normalized spacial score (nSPS) is 10.7. The van der Waals surface area contributed by atoms with Gasteiger partial charge in [0, 0.05) is 6.07 Å². The van der Waals surface area contributed by atoms with Crippen molar-refractivity contribution in [1.82, 2.24) is 15.3 Å². The van der Waals surface area contributed by atoms with Gasteiger partial charge < -0.3 is 14.8 Å². The largest absolute Gasteiger partial charge is 0.495 e. The predicted octanol–water partition coefficient (Wildman–Crippen LogP) is 4.48. The quantitative estimate of drug-likeness (QED) is 0.591. The van der Waals surface area contributed by atoms with Crippen LogP contribution in [0.1, 0.15) is 5.69 Å². The number of benzene rings is 1. The van der Waals surface area contributed by atoms with E-state index in [2.05, 4.69) is 21.9 Å². The first kappa shape index (κ1) is 19.4. The second kappa shape index (κ2) is 8.12.